The molecule has 1 atom stereocenters. The van der Waals surface area contributed by atoms with Gasteiger partial charge in [0.15, 0.2) is 0 Å². The Morgan fingerprint density at radius 3 is 2.81 bits per heavy atom. The molecular formula is C13H20BrNS. The lowest BCUT2D eigenvalue weighted by molar-refractivity contribution is 0.646. The molecule has 0 aliphatic rings. The molecule has 0 aromatic heterocycles. The highest BCUT2D eigenvalue weighted by molar-refractivity contribution is 9.10. The Bertz CT molecular complexity index is 328. The Morgan fingerprint density at radius 2 is 2.19 bits per heavy atom. The van der Waals surface area contributed by atoms with Gasteiger partial charge in [-0.25, -0.2) is 0 Å². The van der Waals surface area contributed by atoms with Gasteiger partial charge >= 0.3 is 0 Å². The Hall–Kier alpha value is 0.01000. The molecule has 0 saturated heterocycles. The van der Waals surface area contributed by atoms with E-state index in [1.807, 2.05) is 11.8 Å². The highest BCUT2D eigenvalue weighted by Crippen LogP contribution is 2.15. The average Bonchev–Trinajstić information content (AvgIpc) is 2.26. The van der Waals surface area contributed by atoms with E-state index in [0.29, 0.717) is 0 Å². The SMILES string of the molecule is CSC(C)CCNCc1ccc(Br)cc1C. The molecule has 1 aromatic rings. The number of thioether (sulfide) groups is 1. The molecule has 0 fully saturated rings. The second-order valence-electron chi connectivity index (χ2n) is 4.08. The van der Waals surface area contributed by atoms with Crippen LogP contribution in [0.5, 0.6) is 0 Å². The number of aryl methyl sites for hydroxylation is 1. The maximum Gasteiger partial charge on any atom is 0.0208 e. The van der Waals surface area contributed by atoms with Gasteiger partial charge in [-0.15, -0.1) is 0 Å². The first-order valence-electron chi connectivity index (χ1n) is 5.62. The summed E-state index contributed by atoms with van der Waals surface area (Å²) in [7, 11) is 0. The van der Waals surface area contributed by atoms with E-state index in [9.17, 15) is 0 Å². The van der Waals surface area contributed by atoms with Crippen LogP contribution in [0, 0.1) is 6.92 Å². The molecule has 1 nitrogen and oxygen atoms in total. The maximum atomic E-state index is 3.50. The molecule has 0 aliphatic heterocycles. The molecule has 1 N–H and O–H groups in total. The van der Waals surface area contributed by atoms with E-state index in [1.165, 1.54) is 17.5 Å². The third kappa shape index (κ3) is 4.89. The van der Waals surface area contributed by atoms with E-state index in [1.54, 1.807) is 0 Å². The second-order valence-corrected chi connectivity index (χ2v) is 6.27. The normalized spacial score (nSPS) is 12.8. The van der Waals surface area contributed by atoms with Crippen LogP contribution in [0.2, 0.25) is 0 Å². The smallest absolute Gasteiger partial charge is 0.0208 e. The van der Waals surface area contributed by atoms with Crippen molar-refractivity contribution in [3.63, 3.8) is 0 Å². The molecule has 0 heterocycles. The van der Waals surface area contributed by atoms with Crippen molar-refractivity contribution in [2.24, 2.45) is 0 Å². The highest BCUT2D eigenvalue weighted by atomic mass is 79.9. The zero-order chi connectivity index (χ0) is 12.0. The van der Waals surface area contributed by atoms with Crippen molar-refractivity contribution < 1.29 is 0 Å². The number of hydrogen-bond acceptors (Lipinski definition) is 2. The molecule has 0 saturated carbocycles. The van der Waals surface area contributed by atoms with E-state index in [4.69, 9.17) is 0 Å². The fourth-order valence-electron chi connectivity index (χ4n) is 1.50. The number of nitrogens with one attached hydrogen (secondary N) is 1. The molecule has 0 spiro atoms. The fraction of sp³-hybridized carbons (Fsp3) is 0.538. The van der Waals surface area contributed by atoms with Crippen molar-refractivity contribution in [3.05, 3.63) is 33.8 Å². The molecule has 0 amide bonds. The molecule has 0 bridgehead atoms. The molecule has 16 heavy (non-hydrogen) atoms. The third-order valence-electron chi connectivity index (χ3n) is 2.75. The molecule has 90 valence electrons. The van der Waals surface area contributed by atoms with Crippen LogP contribution < -0.4 is 5.32 Å². The molecule has 1 unspecified atom stereocenters. The number of benzene rings is 1. The van der Waals surface area contributed by atoms with Crippen LogP contribution in [0.4, 0.5) is 0 Å². The Labute approximate surface area is 112 Å². The van der Waals surface area contributed by atoms with Crippen molar-refractivity contribution in [2.45, 2.75) is 32.1 Å². The van der Waals surface area contributed by atoms with E-state index in [0.717, 1.165) is 22.8 Å². The summed E-state index contributed by atoms with van der Waals surface area (Å²) < 4.78 is 1.16. The van der Waals surface area contributed by atoms with Gasteiger partial charge in [0.2, 0.25) is 0 Å². The minimum atomic E-state index is 0.749. The second kappa shape index (κ2) is 7.36. The van der Waals surface area contributed by atoms with Crippen molar-refractivity contribution in [1.29, 1.82) is 0 Å². The first kappa shape index (κ1) is 14.1. The van der Waals surface area contributed by atoms with Gasteiger partial charge in [0.1, 0.15) is 0 Å². The zero-order valence-corrected chi connectivity index (χ0v) is 12.6. The quantitative estimate of drug-likeness (QED) is 0.798. The molecule has 1 rings (SSSR count). The van der Waals surface area contributed by atoms with E-state index in [2.05, 4.69) is 59.5 Å². The van der Waals surface area contributed by atoms with Gasteiger partial charge in [-0.2, -0.15) is 11.8 Å². The van der Waals surface area contributed by atoms with Gasteiger partial charge < -0.3 is 5.32 Å². The number of rotatable bonds is 6. The largest absolute Gasteiger partial charge is 0.313 e. The summed E-state index contributed by atoms with van der Waals surface area (Å²) in [5.74, 6) is 0. The first-order valence-corrected chi connectivity index (χ1v) is 7.70. The summed E-state index contributed by atoms with van der Waals surface area (Å²) in [5, 5.41) is 4.25. The predicted octanol–water partition coefficient (Wildman–Crippen LogP) is 3.99. The fourth-order valence-corrected chi connectivity index (χ4v) is 2.33. The number of halogens is 1. The summed E-state index contributed by atoms with van der Waals surface area (Å²) in [6, 6.07) is 6.46. The summed E-state index contributed by atoms with van der Waals surface area (Å²) in [6.07, 6.45) is 3.40. The van der Waals surface area contributed by atoms with Gasteiger partial charge in [0, 0.05) is 16.3 Å². The van der Waals surface area contributed by atoms with E-state index in [-0.39, 0.29) is 0 Å². The van der Waals surface area contributed by atoms with Crippen LogP contribution >= 0.6 is 27.7 Å². The summed E-state index contributed by atoms with van der Waals surface area (Å²) in [4.78, 5) is 0. The first-order chi connectivity index (χ1) is 7.63. The Morgan fingerprint density at radius 1 is 1.44 bits per heavy atom. The standard InChI is InChI=1S/C13H20BrNS/c1-10-8-13(14)5-4-12(10)9-15-7-6-11(2)16-3/h4-5,8,11,15H,6-7,9H2,1-3H3. The summed E-state index contributed by atoms with van der Waals surface area (Å²) in [5.41, 5.74) is 2.74. The van der Waals surface area contributed by atoms with Gasteiger partial charge in [-0.3, -0.25) is 0 Å². The average molecular weight is 302 g/mol. The van der Waals surface area contributed by atoms with Gasteiger partial charge in [-0.1, -0.05) is 28.9 Å². The molecule has 0 aliphatic carbocycles. The van der Waals surface area contributed by atoms with E-state index >= 15 is 0 Å². The monoisotopic (exact) mass is 301 g/mol. The molecule has 1 aromatic carbocycles. The van der Waals surface area contributed by atoms with Gasteiger partial charge in [0.05, 0.1) is 0 Å². The third-order valence-corrected chi connectivity index (χ3v) is 4.28. The number of hydrogen-bond donors (Lipinski definition) is 1. The lowest BCUT2D eigenvalue weighted by Gasteiger charge is -2.10. The van der Waals surface area contributed by atoms with Crippen LogP contribution in [-0.2, 0) is 6.54 Å². The van der Waals surface area contributed by atoms with Crippen molar-refractivity contribution in [1.82, 2.24) is 5.32 Å². The van der Waals surface area contributed by atoms with Crippen molar-refractivity contribution >= 4 is 27.7 Å². The minimum Gasteiger partial charge on any atom is -0.313 e. The van der Waals surface area contributed by atoms with E-state index < -0.39 is 0 Å². The molecule has 0 radical (unpaired) electrons. The summed E-state index contributed by atoms with van der Waals surface area (Å²) in [6.45, 7) is 6.50. The molecule has 3 heteroatoms. The molecular weight excluding hydrogens is 282 g/mol. The lowest BCUT2D eigenvalue weighted by Crippen LogP contribution is -2.18. The lowest BCUT2D eigenvalue weighted by atomic mass is 10.1. The van der Waals surface area contributed by atoms with Crippen LogP contribution in [-0.4, -0.2) is 18.1 Å². The Kier molecular flexibility index (Phi) is 6.47. The Balaban J connectivity index is 2.32. The van der Waals surface area contributed by atoms with Crippen molar-refractivity contribution in [2.75, 3.05) is 12.8 Å². The van der Waals surface area contributed by atoms with Crippen LogP contribution in [0.15, 0.2) is 22.7 Å². The van der Waals surface area contributed by atoms with Crippen LogP contribution in [0.25, 0.3) is 0 Å². The van der Waals surface area contributed by atoms with Gasteiger partial charge in [0.25, 0.3) is 0 Å². The predicted molar refractivity (Wildman–Crippen MR) is 78.2 cm³/mol. The zero-order valence-electron chi connectivity index (χ0n) is 10.2. The van der Waals surface area contributed by atoms with Crippen molar-refractivity contribution in [3.8, 4) is 0 Å². The maximum absolute atomic E-state index is 3.50. The van der Waals surface area contributed by atoms with Crippen LogP contribution in [0.3, 0.4) is 0 Å². The topological polar surface area (TPSA) is 12.0 Å². The van der Waals surface area contributed by atoms with Gasteiger partial charge in [-0.05, 0) is 49.4 Å². The minimum absolute atomic E-state index is 0.749. The summed E-state index contributed by atoms with van der Waals surface area (Å²) >= 11 is 5.41. The highest BCUT2D eigenvalue weighted by Gasteiger charge is 2.00. The van der Waals surface area contributed by atoms with Crippen LogP contribution in [0.1, 0.15) is 24.5 Å².